The van der Waals surface area contributed by atoms with Crippen molar-refractivity contribution < 1.29 is 9.84 Å². The van der Waals surface area contributed by atoms with Crippen LogP contribution in [0.1, 0.15) is 51.5 Å². The number of ether oxygens (including phenoxy) is 1. The summed E-state index contributed by atoms with van der Waals surface area (Å²) < 4.78 is 5.67. The first kappa shape index (κ1) is 16.0. The summed E-state index contributed by atoms with van der Waals surface area (Å²) in [5, 5.41) is 10.0. The largest absolute Gasteiger partial charge is 0.494 e. The lowest BCUT2D eigenvalue weighted by Crippen LogP contribution is -2.37. The van der Waals surface area contributed by atoms with Crippen molar-refractivity contribution in [3.8, 4) is 5.75 Å². The topological polar surface area (TPSA) is 55.5 Å². The Hall–Kier alpha value is -1.06. The Morgan fingerprint density at radius 2 is 1.89 bits per heavy atom. The monoisotopic (exact) mass is 265 g/mol. The maximum atomic E-state index is 10.0. The first-order chi connectivity index (χ1) is 9.00. The van der Waals surface area contributed by atoms with E-state index in [2.05, 4.69) is 26.0 Å². The number of rotatable bonds is 8. The minimum atomic E-state index is -0.731. The minimum Gasteiger partial charge on any atom is -0.494 e. The molecule has 1 aromatic carbocycles. The highest BCUT2D eigenvalue weighted by Crippen LogP contribution is 2.20. The second-order valence-corrected chi connectivity index (χ2v) is 5.46. The number of nitrogens with two attached hydrogens (primary N) is 1. The SMILES string of the molecule is CCC(O)(CN)CCCOc1ccc(C(C)C)cc1. The molecule has 1 atom stereocenters. The van der Waals surface area contributed by atoms with Crippen LogP contribution in [-0.2, 0) is 0 Å². The lowest BCUT2D eigenvalue weighted by atomic mass is 9.95. The summed E-state index contributed by atoms with van der Waals surface area (Å²) in [6.07, 6.45) is 2.18. The van der Waals surface area contributed by atoms with Gasteiger partial charge in [-0.2, -0.15) is 0 Å². The summed E-state index contributed by atoms with van der Waals surface area (Å²) in [5.74, 6) is 1.43. The Morgan fingerprint density at radius 1 is 1.26 bits per heavy atom. The Morgan fingerprint density at radius 3 is 2.37 bits per heavy atom. The Balaban J connectivity index is 2.33. The third-order valence-corrected chi connectivity index (χ3v) is 3.64. The normalized spacial score (nSPS) is 14.4. The summed E-state index contributed by atoms with van der Waals surface area (Å²) in [4.78, 5) is 0. The standard InChI is InChI=1S/C16H27NO2/c1-4-16(18,12-17)10-5-11-19-15-8-6-14(7-9-15)13(2)3/h6-9,13,18H,4-5,10-12,17H2,1-3H3. The molecular weight excluding hydrogens is 238 g/mol. The first-order valence-electron chi connectivity index (χ1n) is 7.16. The van der Waals surface area contributed by atoms with Crippen molar-refractivity contribution in [1.82, 2.24) is 0 Å². The highest BCUT2D eigenvalue weighted by atomic mass is 16.5. The molecule has 0 spiro atoms. The molecule has 0 aromatic heterocycles. The van der Waals surface area contributed by atoms with Gasteiger partial charge in [0.05, 0.1) is 12.2 Å². The van der Waals surface area contributed by atoms with E-state index in [1.807, 2.05) is 19.1 Å². The van der Waals surface area contributed by atoms with Gasteiger partial charge < -0.3 is 15.6 Å². The van der Waals surface area contributed by atoms with E-state index in [1.54, 1.807) is 0 Å². The van der Waals surface area contributed by atoms with Crippen LogP contribution in [0.2, 0.25) is 0 Å². The van der Waals surface area contributed by atoms with E-state index < -0.39 is 5.60 Å². The van der Waals surface area contributed by atoms with Gasteiger partial charge in [0, 0.05) is 6.54 Å². The minimum absolute atomic E-state index is 0.312. The van der Waals surface area contributed by atoms with Crippen LogP contribution in [-0.4, -0.2) is 23.9 Å². The molecule has 0 aliphatic carbocycles. The maximum Gasteiger partial charge on any atom is 0.119 e. The molecule has 1 aromatic rings. The molecule has 0 heterocycles. The van der Waals surface area contributed by atoms with Crippen LogP contribution < -0.4 is 10.5 Å². The van der Waals surface area contributed by atoms with Crippen molar-refractivity contribution in [2.75, 3.05) is 13.2 Å². The van der Waals surface area contributed by atoms with Crippen molar-refractivity contribution in [1.29, 1.82) is 0 Å². The second kappa shape index (κ2) is 7.51. The van der Waals surface area contributed by atoms with E-state index in [-0.39, 0.29) is 0 Å². The van der Waals surface area contributed by atoms with E-state index in [0.717, 1.165) is 12.2 Å². The zero-order valence-electron chi connectivity index (χ0n) is 12.4. The van der Waals surface area contributed by atoms with Gasteiger partial charge in [-0.1, -0.05) is 32.9 Å². The fraction of sp³-hybridized carbons (Fsp3) is 0.625. The predicted molar refractivity (Wildman–Crippen MR) is 79.6 cm³/mol. The van der Waals surface area contributed by atoms with Gasteiger partial charge in [-0.3, -0.25) is 0 Å². The fourth-order valence-electron chi connectivity index (χ4n) is 1.96. The molecule has 0 aliphatic rings. The summed E-state index contributed by atoms with van der Waals surface area (Å²) in [6.45, 7) is 7.23. The second-order valence-electron chi connectivity index (χ2n) is 5.46. The maximum absolute atomic E-state index is 10.0. The van der Waals surface area contributed by atoms with Crippen molar-refractivity contribution >= 4 is 0 Å². The molecular formula is C16H27NO2. The van der Waals surface area contributed by atoms with Gasteiger partial charge in [-0.15, -0.1) is 0 Å². The number of benzene rings is 1. The van der Waals surface area contributed by atoms with Crippen LogP contribution in [0.4, 0.5) is 0 Å². The first-order valence-corrected chi connectivity index (χ1v) is 7.16. The molecule has 1 rings (SSSR count). The Labute approximate surface area is 116 Å². The third kappa shape index (κ3) is 5.21. The lowest BCUT2D eigenvalue weighted by molar-refractivity contribution is 0.0309. The van der Waals surface area contributed by atoms with Crippen LogP contribution in [0, 0.1) is 0 Å². The quantitative estimate of drug-likeness (QED) is 0.710. The highest BCUT2D eigenvalue weighted by Gasteiger charge is 2.21. The summed E-state index contributed by atoms with van der Waals surface area (Å²) in [5.41, 5.74) is 6.15. The predicted octanol–water partition coefficient (Wildman–Crippen LogP) is 3.07. The van der Waals surface area contributed by atoms with Crippen molar-refractivity contribution in [3.05, 3.63) is 29.8 Å². The van der Waals surface area contributed by atoms with Gasteiger partial charge in [0.1, 0.15) is 5.75 Å². The molecule has 3 nitrogen and oxygen atoms in total. The van der Waals surface area contributed by atoms with Crippen LogP contribution >= 0.6 is 0 Å². The van der Waals surface area contributed by atoms with Crippen LogP contribution in [0.25, 0.3) is 0 Å². The molecule has 0 saturated heterocycles. The highest BCUT2D eigenvalue weighted by molar-refractivity contribution is 5.28. The summed E-state index contributed by atoms with van der Waals surface area (Å²) >= 11 is 0. The molecule has 0 saturated carbocycles. The van der Waals surface area contributed by atoms with E-state index in [0.29, 0.717) is 31.9 Å². The van der Waals surface area contributed by atoms with Gasteiger partial charge in [0.25, 0.3) is 0 Å². The van der Waals surface area contributed by atoms with Gasteiger partial charge >= 0.3 is 0 Å². The van der Waals surface area contributed by atoms with Crippen LogP contribution in [0.3, 0.4) is 0 Å². The van der Waals surface area contributed by atoms with E-state index in [4.69, 9.17) is 10.5 Å². The molecule has 0 aliphatic heterocycles. The Kier molecular flexibility index (Phi) is 6.32. The third-order valence-electron chi connectivity index (χ3n) is 3.64. The lowest BCUT2D eigenvalue weighted by Gasteiger charge is -2.24. The molecule has 19 heavy (non-hydrogen) atoms. The van der Waals surface area contributed by atoms with Crippen molar-refractivity contribution in [2.45, 2.75) is 51.6 Å². The molecule has 1 unspecified atom stereocenters. The average molecular weight is 265 g/mol. The van der Waals surface area contributed by atoms with Gasteiger partial charge in [-0.25, -0.2) is 0 Å². The van der Waals surface area contributed by atoms with Crippen LogP contribution in [0.5, 0.6) is 5.75 Å². The number of hydrogen-bond acceptors (Lipinski definition) is 3. The molecule has 0 radical (unpaired) electrons. The van der Waals surface area contributed by atoms with Crippen LogP contribution in [0.15, 0.2) is 24.3 Å². The molecule has 108 valence electrons. The van der Waals surface area contributed by atoms with Gasteiger partial charge in [-0.05, 0) is 42.9 Å². The molecule has 3 heteroatoms. The zero-order valence-corrected chi connectivity index (χ0v) is 12.4. The van der Waals surface area contributed by atoms with Crippen molar-refractivity contribution in [3.63, 3.8) is 0 Å². The molecule has 0 amide bonds. The van der Waals surface area contributed by atoms with E-state index in [1.165, 1.54) is 5.56 Å². The smallest absolute Gasteiger partial charge is 0.119 e. The van der Waals surface area contributed by atoms with Gasteiger partial charge in [0.2, 0.25) is 0 Å². The number of hydrogen-bond donors (Lipinski definition) is 2. The van der Waals surface area contributed by atoms with Gasteiger partial charge in [0.15, 0.2) is 0 Å². The van der Waals surface area contributed by atoms with Crippen molar-refractivity contribution in [2.24, 2.45) is 5.73 Å². The van der Waals surface area contributed by atoms with E-state index in [9.17, 15) is 5.11 Å². The average Bonchev–Trinajstić information content (AvgIpc) is 2.44. The Bertz CT molecular complexity index is 356. The molecule has 0 bridgehead atoms. The van der Waals surface area contributed by atoms with E-state index >= 15 is 0 Å². The molecule has 3 N–H and O–H groups in total. The summed E-state index contributed by atoms with van der Waals surface area (Å²) in [7, 11) is 0. The fourth-order valence-corrected chi connectivity index (χ4v) is 1.96. The zero-order chi connectivity index (χ0) is 14.3. The summed E-state index contributed by atoms with van der Waals surface area (Å²) in [6, 6.07) is 8.21. The number of aliphatic hydroxyl groups is 1. The molecule has 0 fully saturated rings.